The van der Waals surface area contributed by atoms with Crippen LogP contribution in [0.15, 0.2) is 16.6 Å². The minimum absolute atomic E-state index is 0.350. The second-order valence-electron chi connectivity index (χ2n) is 2.59. The van der Waals surface area contributed by atoms with Gasteiger partial charge in [0, 0.05) is 4.47 Å². The summed E-state index contributed by atoms with van der Waals surface area (Å²) in [7, 11) is 0. The third-order valence-electron chi connectivity index (χ3n) is 1.70. The second-order valence-corrected chi connectivity index (χ2v) is 3.38. The molecule has 2 heteroatoms. The first-order valence-corrected chi connectivity index (χ1v) is 4.42. The highest BCUT2D eigenvalue weighted by atomic mass is 79.9. The number of phenols is 1. The Hall–Kier alpha value is -0.500. The van der Waals surface area contributed by atoms with Gasteiger partial charge >= 0.3 is 0 Å². The fourth-order valence-corrected chi connectivity index (χ4v) is 1.59. The number of aromatic hydroxyl groups is 1. The Bertz CT molecular complexity index is 269. The molecule has 0 saturated heterocycles. The largest absolute Gasteiger partial charge is 0.508 e. The molecule has 1 N–H and O–H groups in total. The first-order valence-electron chi connectivity index (χ1n) is 3.63. The van der Waals surface area contributed by atoms with E-state index < -0.39 is 0 Å². The summed E-state index contributed by atoms with van der Waals surface area (Å²) < 4.78 is 1.11. The topological polar surface area (TPSA) is 20.2 Å². The third kappa shape index (κ3) is 1.74. The van der Waals surface area contributed by atoms with Crippen molar-refractivity contribution in [1.82, 2.24) is 0 Å². The molecule has 0 aliphatic rings. The lowest BCUT2D eigenvalue weighted by atomic mass is 10.1. The van der Waals surface area contributed by atoms with Crippen LogP contribution < -0.4 is 0 Å². The molecule has 0 aliphatic carbocycles. The van der Waals surface area contributed by atoms with E-state index in [0.29, 0.717) is 5.75 Å². The molecule has 1 aromatic carbocycles. The molecular formula is C9H11BrO. The average Bonchev–Trinajstić information content (AvgIpc) is 1.96. The smallest absolute Gasteiger partial charge is 0.116 e. The molecule has 0 aromatic heterocycles. The lowest BCUT2D eigenvalue weighted by Gasteiger charge is -2.05. The minimum atomic E-state index is 0.350. The highest BCUT2D eigenvalue weighted by molar-refractivity contribution is 9.10. The number of phenolic OH excluding ortho intramolecular Hbond substituents is 1. The monoisotopic (exact) mass is 214 g/mol. The van der Waals surface area contributed by atoms with Gasteiger partial charge in [0.25, 0.3) is 0 Å². The van der Waals surface area contributed by atoms with Crippen LogP contribution in [0.4, 0.5) is 0 Å². The quantitative estimate of drug-likeness (QED) is 0.763. The lowest BCUT2D eigenvalue weighted by Crippen LogP contribution is -1.85. The van der Waals surface area contributed by atoms with Crippen LogP contribution in [0.2, 0.25) is 0 Å². The van der Waals surface area contributed by atoms with Gasteiger partial charge in [-0.1, -0.05) is 22.9 Å². The Morgan fingerprint density at radius 1 is 1.45 bits per heavy atom. The molecule has 0 bridgehead atoms. The Morgan fingerprint density at radius 2 is 2.09 bits per heavy atom. The molecule has 0 aliphatic heterocycles. The summed E-state index contributed by atoms with van der Waals surface area (Å²) in [5.41, 5.74) is 2.24. The molecule has 0 radical (unpaired) electrons. The van der Waals surface area contributed by atoms with E-state index in [-0.39, 0.29) is 0 Å². The molecule has 0 fully saturated rings. The maximum atomic E-state index is 9.23. The van der Waals surface area contributed by atoms with E-state index in [4.69, 9.17) is 0 Å². The van der Waals surface area contributed by atoms with Gasteiger partial charge in [-0.2, -0.15) is 0 Å². The summed E-state index contributed by atoms with van der Waals surface area (Å²) in [5, 5.41) is 9.23. The van der Waals surface area contributed by atoms with Crippen molar-refractivity contribution in [3.8, 4) is 5.75 Å². The van der Waals surface area contributed by atoms with Gasteiger partial charge < -0.3 is 5.11 Å². The maximum Gasteiger partial charge on any atom is 0.116 e. The maximum absolute atomic E-state index is 9.23. The van der Waals surface area contributed by atoms with Crippen molar-refractivity contribution in [2.75, 3.05) is 0 Å². The van der Waals surface area contributed by atoms with Crippen molar-refractivity contribution < 1.29 is 5.11 Å². The van der Waals surface area contributed by atoms with E-state index in [0.717, 1.165) is 22.0 Å². The SMILES string of the molecule is CCc1cc(O)cc(C)c1Br. The van der Waals surface area contributed by atoms with Crippen LogP contribution in [0.3, 0.4) is 0 Å². The molecule has 60 valence electrons. The van der Waals surface area contributed by atoms with Gasteiger partial charge in [-0.3, -0.25) is 0 Å². The summed E-state index contributed by atoms with van der Waals surface area (Å²) in [4.78, 5) is 0. The number of rotatable bonds is 1. The summed E-state index contributed by atoms with van der Waals surface area (Å²) in [6, 6.07) is 3.54. The zero-order valence-electron chi connectivity index (χ0n) is 6.69. The van der Waals surface area contributed by atoms with Crippen LogP contribution in [0.1, 0.15) is 18.1 Å². The number of halogens is 1. The van der Waals surface area contributed by atoms with Crippen LogP contribution >= 0.6 is 15.9 Å². The zero-order valence-corrected chi connectivity index (χ0v) is 8.27. The molecule has 1 aromatic rings. The first-order chi connectivity index (χ1) is 5.15. The Balaban J connectivity index is 3.24. The molecule has 11 heavy (non-hydrogen) atoms. The average molecular weight is 215 g/mol. The predicted octanol–water partition coefficient (Wildman–Crippen LogP) is 3.03. The van der Waals surface area contributed by atoms with Crippen molar-refractivity contribution >= 4 is 15.9 Å². The van der Waals surface area contributed by atoms with Crippen LogP contribution in [-0.4, -0.2) is 5.11 Å². The summed E-state index contributed by atoms with van der Waals surface area (Å²) in [6.07, 6.45) is 0.940. The highest BCUT2D eigenvalue weighted by Crippen LogP contribution is 2.26. The fraction of sp³-hybridized carbons (Fsp3) is 0.333. The molecular weight excluding hydrogens is 204 g/mol. The molecule has 0 saturated carbocycles. The summed E-state index contributed by atoms with van der Waals surface area (Å²) >= 11 is 3.46. The normalized spacial score (nSPS) is 10.1. The van der Waals surface area contributed by atoms with E-state index in [2.05, 4.69) is 22.9 Å². The van der Waals surface area contributed by atoms with Gasteiger partial charge in [-0.15, -0.1) is 0 Å². The highest BCUT2D eigenvalue weighted by Gasteiger charge is 2.02. The third-order valence-corrected chi connectivity index (χ3v) is 2.83. The van der Waals surface area contributed by atoms with E-state index in [1.807, 2.05) is 6.92 Å². The number of hydrogen-bond donors (Lipinski definition) is 1. The molecule has 0 unspecified atom stereocenters. The summed E-state index contributed by atoms with van der Waals surface area (Å²) in [5.74, 6) is 0.350. The molecule has 0 spiro atoms. The van der Waals surface area contributed by atoms with Crippen molar-refractivity contribution in [3.05, 3.63) is 27.7 Å². The number of benzene rings is 1. The van der Waals surface area contributed by atoms with Crippen molar-refractivity contribution in [2.45, 2.75) is 20.3 Å². The van der Waals surface area contributed by atoms with Gasteiger partial charge in [0.15, 0.2) is 0 Å². The molecule has 0 atom stereocenters. The number of hydrogen-bond acceptors (Lipinski definition) is 1. The molecule has 0 heterocycles. The zero-order chi connectivity index (χ0) is 8.43. The van der Waals surface area contributed by atoms with E-state index >= 15 is 0 Å². The lowest BCUT2D eigenvalue weighted by molar-refractivity contribution is 0.474. The second kappa shape index (κ2) is 3.26. The number of aryl methyl sites for hydroxylation is 2. The van der Waals surface area contributed by atoms with Gasteiger partial charge in [0.1, 0.15) is 5.75 Å². The van der Waals surface area contributed by atoms with Crippen LogP contribution in [0.5, 0.6) is 5.75 Å². The molecule has 0 amide bonds. The van der Waals surface area contributed by atoms with Gasteiger partial charge in [0.05, 0.1) is 0 Å². The van der Waals surface area contributed by atoms with Crippen LogP contribution in [-0.2, 0) is 6.42 Å². The molecule has 1 rings (SSSR count). The predicted molar refractivity (Wildman–Crippen MR) is 49.9 cm³/mol. The first kappa shape index (κ1) is 8.60. The van der Waals surface area contributed by atoms with Crippen LogP contribution in [0.25, 0.3) is 0 Å². The Labute approximate surface area is 75.2 Å². The van der Waals surface area contributed by atoms with Crippen LogP contribution in [0, 0.1) is 6.92 Å². The van der Waals surface area contributed by atoms with Crippen molar-refractivity contribution in [2.24, 2.45) is 0 Å². The van der Waals surface area contributed by atoms with Gasteiger partial charge in [-0.05, 0) is 36.6 Å². The van der Waals surface area contributed by atoms with E-state index in [1.165, 1.54) is 0 Å². The fourth-order valence-electron chi connectivity index (χ4n) is 1.08. The van der Waals surface area contributed by atoms with Gasteiger partial charge in [-0.25, -0.2) is 0 Å². The van der Waals surface area contributed by atoms with Crippen molar-refractivity contribution in [3.63, 3.8) is 0 Å². The summed E-state index contributed by atoms with van der Waals surface area (Å²) in [6.45, 7) is 4.04. The standard InChI is InChI=1S/C9H11BrO/c1-3-7-5-8(11)4-6(2)9(7)10/h4-5,11H,3H2,1-2H3. The Morgan fingerprint density at radius 3 is 2.64 bits per heavy atom. The Kier molecular flexibility index (Phi) is 2.55. The molecule has 1 nitrogen and oxygen atoms in total. The minimum Gasteiger partial charge on any atom is -0.508 e. The van der Waals surface area contributed by atoms with E-state index in [1.54, 1.807) is 12.1 Å². The van der Waals surface area contributed by atoms with E-state index in [9.17, 15) is 5.11 Å². The van der Waals surface area contributed by atoms with Crippen molar-refractivity contribution in [1.29, 1.82) is 0 Å². The van der Waals surface area contributed by atoms with Gasteiger partial charge in [0.2, 0.25) is 0 Å².